The zero-order valence-corrected chi connectivity index (χ0v) is 17.4. The maximum absolute atomic E-state index is 12.2. The van der Waals surface area contributed by atoms with Crippen LogP contribution < -0.4 is 16.0 Å². The molecule has 3 aromatic rings. The van der Waals surface area contributed by atoms with Gasteiger partial charge in [-0.1, -0.05) is 54.6 Å². The highest BCUT2D eigenvalue weighted by atomic mass is 16.2. The van der Waals surface area contributed by atoms with Crippen LogP contribution in [-0.2, 0) is 16.0 Å². The summed E-state index contributed by atoms with van der Waals surface area (Å²) in [7, 11) is 0. The first-order valence-corrected chi connectivity index (χ1v) is 10.1. The fraction of sp³-hybridized carbons (Fsp3) is 0.160. The lowest BCUT2D eigenvalue weighted by Gasteiger charge is -2.09. The molecule has 31 heavy (non-hydrogen) atoms. The van der Waals surface area contributed by atoms with Gasteiger partial charge in [-0.2, -0.15) is 0 Å². The Hall–Kier alpha value is -3.93. The first-order chi connectivity index (χ1) is 15.0. The van der Waals surface area contributed by atoms with Gasteiger partial charge in [0, 0.05) is 31.3 Å². The van der Waals surface area contributed by atoms with Crippen molar-refractivity contribution in [3.63, 3.8) is 0 Å². The lowest BCUT2D eigenvalue weighted by Crippen LogP contribution is -2.35. The van der Waals surface area contributed by atoms with Gasteiger partial charge >= 0.3 is 0 Å². The fourth-order valence-corrected chi connectivity index (χ4v) is 3.08. The van der Waals surface area contributed by atoms with E-state index >= 15 is 0 Å². The summed E-state index contributed by atoms with van der Waals surface area (Å²) in [5.41, 5.74) is 4.30. The number of rotatable bonds is 8. The van der Waals surface area contributed by atoms with Crippen molar-refractivity contribution in [3.05, 3.63) is 90.0 Å². The molecule has 0 bridgehead atoms. The van der Waals surface area contributed by atoms with Gasteiger partial charge in [0.05, 0.1) is 6.42 Å². The van der Waals surface area contributed by atoms with E-state index in [1.54, 1.807) is 24.3 Å². The van der Waals surface area contributed by atoms with Gasteiger partial charge < -0.3 is 16.0 Å². The molecule has 0 saturated heterocycles. The summed E-state index contributed by atoms with van der Waals surface area (Å²) >= 11 is 0. The Balaban J connectivity index is 1.39. The van der Waals surface area contributed by atoms with Crippen LogP contribution in [0.3, 0.4) is 0 Å². The number of anilines is 1. The largest absolute Gasteiger partial charge is 0.354 e. The molecule has 0 radical (unpaired) electrons. The number of hydrogen-bond donors (Lipinski definition) is 3. The van der Waals surface area contributed by atoms with Crippen molar-refractivity contribution in [1.29, 1.82) is 0 Å². The Morgan fingerprint density at radius 2 is 1.32 bits per heavy atom. The molecule has 0 fully saturated rings. The van der Waals surface area contributed by atoms with Crippen LogP contribution in [-0.4, -0.2) is 30.8 Å². The molecule has 0 aliphatic heterocycles. The number of amides is 3. The molecule has 0 heterocycles. The third-order valence-corrected chi connectivity index (χ3v) is 4.63. The Morgan fingerprint density at radius 1 is 0.710 bits per heavy atom. The molecule has 0 aliphatic rings. The molecule has 6 heteroatoms. The maximum Gasteiger partial charge on any atom is 0.251 e. The molecule has 6 nitrogen and oxygen atoms in total. The minimum Gasteiger partial charge on any atom is -0.354 e. The van der Waals surface area contributed by atoms with E-state index in [-0.39, 0.29) is 24.1 Å². The molecular weight excluding hydrogens is 390 g/mol. The van der Waals surface area contributed by atoms with Crippen molar-refractivity contribution in [2.45, 2.75) is 13.3 Å². The highest BCUT2D eigenvalue weighted by Crippen LogP contribution is 2.19. The number of carbonyl (C=O) groups is 3. The van der Waals surface area contributed by atoms with Crippen LogP contribution >= 0.6 is 0 Å². The van der Waals surface area contributed by atoms with E-state index in [9.17, 15) is 14.4 Å². The molecule has 3 aromatic carbocycles. The molecule has 0 spiro atoms. The van der Waals surface area contributed by atoms with Crippen LogP contribution in [0.4, 0.5) is 5.69 Å². The number of hydrogen-bond acceptors (Lipinski definition) is 3. The Morgan fingerprint density at radius 3 is 1.97 bits per heavy atom. The first-order valence-electron chi connectivity index (χ1n) is 10.1. The lowest BCUT2D eigenvalue weighted by molar-refractivity contribution is -0.120. The highest BCUT2D eigenvalue weighted by Gasteiger charge is 2.07. The number of benzene rings is 3. The van der Waals surface area contributed by atoms with Gasteiger partial charge in [0.1, 0.15) is 0 Å². The standard InChI is InChI=1S/C25H25N3O3/c1-18(29)28-23-13-11-22(12-14-23)25(31)27-16-15-26-24(30)17-19-7-9-21(10-8-19)20-5-3-2-4-6-20/h2-14H,15-17H2,1H3,(H,26,30)(H,27,31)(H,28,29). The summed E-state index contributed by atoms with van der Waals surface area (Å²) in [6.45, 7) is 2.09. The quantitative estimate of drug-likeness (QED) is 0.493. The summed E-state index contributed by atoms with van der Waals surface area (Å²) < 4.78 is 0. The van der Waals surface area contributed by atoms with E-state index in [1.165, 1.54) is 6.92 Å². The zero-order chi connectivity index (χ0) is 22.1. The van der Waals surface area contributed by atoms with Crippen LogP contribution in [0.1, 0.15) is 22.8 Å². The van der Waals surface area contributed by atoms with Gasteiger partial charge in [0.2, 0.25) is 11.8 Å². The van der Waals surface area contributed by atoms with Crippen molar-refractivity contribution in [3.8, 4) is 11.1 Å². The number of nitrogens with one attached hydrogen (secondary N) is 3. The van der Waals surface area contributed by atoms with Gasteiger partial charge in [-0.3, -0.25) is 14.4 Å². The number of carbonyl (C=O) groups excluding carboxylic acids is 3. The molecule has 3 N–H and O–H groups in total. The van der Waals surface area contributed by atoms with Crippen LogP contribution in [0, 0.1) is 0 Å². The molecule has 3 rings (SSSR count). The fourth-order valence-electron chi connectivity index (χ4n) is 3.08. The summed E-state index contributed by atoms with van der Waals surface area (Å²) in [6, 6.07) is 24.6. The smallest absolute Gasteiger partial charge is 0.251 e. The SMILES string of the molecule is CC(=O)Nc1ccc(C(=O)NCCNC(=O)Cc2ccc(-c3ccccc3)cc2)cc1. The lowest BCUT2D eigenvalue weighted by atomic mass is 10.0. The Bertz CT molecular complexity index is 1030. The van der Waals surface area contributed by atoms with E-state index in [2.05, 4.69) is 16.0 Å². The zero-order valence-electron chi connectivity index (χ0n) is 17.4. The highest BCUT2D eigenvalue weighted by molar-refractivity contribution is 5.95. The van der Waals surface area contributed by atoms with E-state index in [1.807, 2.05) is 54.6 Å². The molecule has 0 atom stereocenters. The van der Waals surface area contributed by atoms with E-state index < -0.39 is 0 Å². The molecule has 0 unspecified atom stereocenters. The van der Waals surface area contributed by atoms with Crippen molar-refractivity contribution < 1.29 is 14.4 Å². The second kappa shape index (κ2) is 10.7. The van der Waals surface area contributed by atoms with Gasteiger partial charge in [0.25, 0.3) is 5.91 Å². The van der Waals surface area contributed by atoms with Gasteiger partial charge in [-0.05, 0) is 41.0 Å². The first kappa shape index (κ1) is 21.8. The molecule has 3 amide bonds. The predicted molar refractivity (Wildman–Crippen MR) is 122 cm³/mol. The van der Waals surface area contributed by atoms with Gasteiger partial charge in [0.15, 0.2) is 0 Å². The topological polar surface area (TPSA) is 87.3 Å². The normalized spacial score (nSPS) is 10.2. The summed E-state index contributed by atoms with van der Waals surface area (Å²) in [6.07, 6.45) is 0.285. The summed E-state index contributed by atoms with van der Waals surface area (Å²) in [5.74, 6) is -0.499. The minimum atomic E-state index is -0.236. The second-order valence-electron chi connectivity index (χ2n) is 7.10. The minimum absolute atomic E-state index is 0.0960. The van der Waals surface area contributed by atoms with Crippen molar-refractivity contribution >= 4 is 23.4 Å². The van der Waals surface area contributed by atoms with Crippen molar-refractivity contribution in [1.82, 2.24) is 10.6 Å². The predicted octanol–water partition coefficient (Wildman–Crippen LogP) is 3.40. The molecular formula is C25H25N3O3. The second-order valence-corrected chi connectivity index (χ2v) is 7.10. The average molecular weight is 415 g/mol. The summed E-state index contributed by atoms with van der Waals surface area (Å²) in [4.78, 5) is 35.3. The van der Waals surface area contributed by atoms with Crippen LogP contribution in [0.2, 0.25) is 0 Å². The van der Waals surface area contributed by atoms with Crippen LogP contribution in [0.25, 0.3) is 11.1 Å². The third kappa shape index (κ3) is 6.82. The monoisotopic (exact) mass is 415 g/mol. The molecule has 0 aliphatic carbocycles. The van der Waals surface area contributed by atoms with Gasteiger partial charge in [-0.25, -0.2) is 0 Å². The average Bonchev–Trinajstić information content (AvgIpc) is 2.78. The van der Waals surface area contributed by atoms with E-state index in [4.69, 9.17) is 0 Å². The maximum atomic E-state index is 12.2. The van der Waals surface area contributed by atoms with E-state index in [0.29, 0.717) is 24.3 Å². The van der Waals surface area contributed by atoms with Crippen LogP contribution in [0.5, 0.6) is 0 Å². The Kier molecular flexibility index (Phi) is 7.54. The van der Waals surface area contributed by atoms with Crippen molar-refractivity contribution in [2.24, 2.45) is 0 Å². The third-order valence-electron chi connectivity index (χ3n) is 4.63. The van der Waals surface area contributed by atoms with Crippen molar-refractivity contribution in [2.75, 3.05) is 18.4 Å². The Labute approximate surface area is 181 Å². The molecule has 0 saturated carbocycles. The van der Waals surface area contributed by atoms with E-state index in [0.717, 1.165) is 16.7 Å². The molecule has 0 aromatic heterocycles. The summed E-state index contributed by atoms with van der Waals surface area (Å²) in [5, 5.41) is 8.23. The van der Waals surface area contributed by atoms with Crippen LogP contribution in [0.15, 0.2) is 78.9 Å². The van der Waals surface area contributed by atoms with Gasteiger partial charge in [-0.15, -0.1) is 0 Å². The molecule has 158 valence electrons.